The molecule has 1 amide bonds. The van der Waals surface area contributed by atoms with Crippen molar-refractivity contribution in [3.05, 3.63) is 59.9 Å². The highest BCUT2D eigenvalue weighted by Crippen LogP contribution is 2.14. The molecule has 2 rings (SSSR count). The normalized spacial score (nSPS) is 12.2. The number of hydrogen-bond acceptors (Lipinski definition) is 3. The first kappa shape index (κ1) is 22.2. The fourth-order valence-corrected chi connectivity index (χ4v) is 2.72. The maximum absolute atomic E-state index is 13.3. The summed E-state index contributed by atoms with van der Waals surface area (Å²) in [5.74, 6) is 0.805. The number of carbonyl (C=O) groups excluding carboxylic acids is 1. The molecule has 0 bridgehead atoms. The van der Waals surface area contributed by atoms with Crippen molar-refractivity contribution in [1.82, 2.24) is 10.6 Å². The Morgan fingerprint density at radius 3 is 2.55 bits per heavy atom. The molecule has 0 saturated heterocycles. The van der Waals surface area contributed by atoms with Crippen LogP contribution >= 0.6 is 0 Å². The van der Waals surface area contributed by atoms with E-state index in [-0.39, 0.29) is 17.8 Å². The van der Waals surface area contributed by atoms with Crippen LogP contribution in [0.25, 0.3) is 0 Å². The highest BCUT2D eigenvalue weighted by atomic mass is 19.1. The maximum atomic E-state index is 13.3. The lowest BCUT2D eigenvalue weighted by Crippen LogP contribution is -2.43. The predicted molar refractivity (Wildman–Crippen MR) is 115 cm³/mol. The van der Waals surface area contributed by atoms with Gasteiger partial charge in [-0.1, -0.05) is 25.1 Å². The fourth-order valence-electron chi connectivity index (χ4n) is 2.72. The topological polar surface area (TPSA) is 74.8 Å². The largest absolute Gasteiger partial charge is 0.489 e. The number of halogens is 1. The van der Waals surface area contributed by atoms with E-state index in [1.807, 2.05) is 31.2 Å². The van der Waals surface area contributed by atoms with Gasteiger partial charge in [-0.05, 0) is 42.7 Å². The van der Waals surface area contributed by atoms with Crippen molar-refractivity contribution in [3.63, 3.8) is 0 Å². The molecule has 29 heavy (non-hydrogen) atoms. The van der Waals surface area contributed by atoms with Crippen molar-refractivity contribution in [3.8, 4) is 5.75 Å². The van der Waals surface area contributed by atoms with Crippen LogP contribution < -0.4 is 20.7 Å². The Labute approximate surface area is 171 Å². The molecule has 2 aromatic carbocycles. The van der Waals surface area contributed by atoms with Crippen LogP contribution in [-0.4, -0.2) is 38.1 Å². The van der Waals surface area contributed by atoms with Crippen LogP contribution in [0.2, 0.25) is 0 Å². The van der Waals surface area contributed by atoms with Crippen molar-refractivity contribution >= 4 is 17.6 Å². The summed E-state index contributed by atoms with van der Waals surface area (Å²) >= 11 is 0. The number of amides is 1. The molecule has 1 atom stereocenters. The van der Waals surface area contributed by atoms with Crippen LogP contribution in [0.15, 0.2) is 53.5 Å². The van der Waals surface area contributed by atoms with Gasteiger partial charge in [0.25, 0.3) is 0 Å². The van der Waals surface area contributed by atoms with E-state index in [0.717, 1.165) is 24.1 Å². The van der Waals surface area contributed by atoms with Gasteiger partial charge in [-0.25, -0.2) is 4.39 Å². The molecule has 2 aromatic rings. The molecule has 0 fully saturated rings. The summed E-state index contributed by atoms with van der Waals surface area (Å²) in [4.78, 5) is 15.3. The summed E-state index contributed by atoms with van der Waals surface area (Å²) < 4.78 is 19.1. The van der Waals surface area contributed by atoms with Crippen molar-refractivity contribution in [2.24, 2.45) is 4.99 Å². The van der Waals surface area contributed by atoms with E-state index < -0.39 is 0 Å². The Bertz CT molecular complexity index is 809. The summed E-state index contributed by atoms with van der Waals surface area (Å²) in [5, 5.41) is 9.27. The summed E-state index contributed by atoms with van der Waals surface area (Å²) in [6.45, 7) is 4.77. The zero-order chi connectivity index (χ0) is 21.1. The number of benzene rings is 2. The van der Waals surface area contributed by atoms with Crippen LogP contribution in [0.1, 0.15) is 25.8 Å². The molecule has 0 radical (unpaired) electrons. The minimum atomic E-state index is -0.312. The molecule has 0 aromatic heterocycles. The molecule has 0 spiro atoms. The lowest BCUT2D eigenvalue weighted by molar-refractivity contribution is -0.114. The number of ether oxygens (including phenoxy) is 1. The SMILES string of the molecule is CCC(CNC(=NC)NCCc1ccc(NC(C)=O)cc1)Oc1cccc(F)c1. The van der Waals surface area contributed by atoms with Gasteiger partial charge in [0, 0.05) is 32.3 Å². The lowest BCUT2D eigenvalue weighted by atomic mass is 10.1. The number of anilines is 1. The van der Waals surface area contributed by atoms with Crippen LogP contribution in [0, 0.1) is 5.82 Å². The van der Waals surface area contributed by atoms with Gasteiger partial charge in [-0.3, -0.25) is 9.79 Å². The van der Waals surface area contributed by atoms with Crippen LogP contribution in [-0.2, 0) is 11.2 Å². The smallest absolute Gasteiger partial charge is 0.221 e. The number of guanidine groups is 1. The third kappa shape index (κ3) is 8.21. The third-order valence-electron chi connectivity index (χ3n) is 4.26. The van der Waals surface area contributed by atoms with Gasteiger partial charge < -0.3 is 20.7 Å². The Balaban J connectivity index is 1.75. The third-order valence-corrected chi connectivity index (χ3v) is 4.26. The Kier molecular flexibility index (Phi) is 8.95. The van der Waals surface area contributed by atoms with Crippen molar-refractivity contribution < 1.29 is 13.9 Å². The van der Waals surface area contributed by atoms with E-state index in [1.165, 1.54) is 19.1 Å². The van der Waals surface area contributed by atoms with Crippen LogP contribution in [0.4, 0.5) is 10.1 Å². The first-order valence-corrected chi connectivity index (χ1v) is 9.73. The zero-order valence-corrected chi connectivity index (χ0v) is 17.2. The molecule has 0 saturated carbocycles. The standard InChI is InChI=1S/C22H29FN4O2/c1-4-20(29-21-7-5-6-18(23)14-21)15-26-22(24-3)25-13-12-17-8-10-19(11-9-17)27-16(2)28/h5-11,14,20H,4,12-13,15H2,1-3H3,(H,27,28)(H2,24,25,26). The van der Waals surface area contributed by atoms with Crippen molar-refractivity contribution in [2.75, 3.05) is 25.5 Å². The van der Waals surface area contributed by atoms with Gasteiger partial charge >= 0.3 is 0 Å². The molecular weight excluding hydrogens is 371 g/mol. The van der Waals surface area contributed by atoms with E-state index in [9.17, 15) is 9.18 Å². The monoisotopic (exact) mass is 400 g/mol. The van der Waals surface area contributed by atoms with Gasteiger partial charge in [0.15, 0.2) is 5.96 Å². The van der Waals surface area contributed by atoms with Gasteiger partial charge in [-0.15, -0.1) is 0 Å². The number of aliphatic imine (C=N–C) groups is 1. The van der Waals surface area contributed by atoms with E-state index in [1.54, 1.807) is 19.2 Å². The summed E-state index contributed by atoms with van der Waals surface area (Å²) in [7, 11) is 1.71. The zero-order valence-electron chi connectivity index (χ0n) is 17.2. The maximum Gasteiger partial charge on any atom is 0.221 e. The molecule has 3 N–H and O–H groups in total. The minimum Gasteiger partial charge on any atom is -0.489 e. The molecule has 0 aliphatic carbocycles. The first-order valence-electron chi connectivity index (χ1n) is 9.73. The predicted octanol–water partition coefficient (Wildman–Crippen LogP) is 3.35. The highest BCUT2D eigenvalue weighted by molar-refractivity contribution is 5.88. The molecule has 1 unspecified atom stereocenters. The van der Waals surface area contributed by atoms with Gasteiger partial charge in [0.1, 0.15) is 17.7 Å². The average Bonchev–Trinajstić information content (AvgIpc) is 2.70. The first-order chi connectivity index (χ1) is 14.0. The molecule has 156 valence electrons. The van der Waals surface area contributed by atoms with E-state index in [4.69, 9.17) is 4.74 Å². The van der Waals surface area contributed by atoms with Crippen molar-refractivity contribution in [2.45, 2.75) is 32.8 Å². The number of nitrogens with zero attached hydrogens (tertiary/aromatic N) is 1. The summed E-state index contributed by atoms with van der Waals surface area (Å²) in [5.41, 5.74) is 1.94. The van der Waals surface area contributed by atoms with E-state index in [2.05, 4.69) is 20.9 Å². The second-order valence-corrected chi connectivity index (χ2v) is 6.61. The number of hydrogen-bond donors (Lipinski definition) is 3. The molecule has 7 heteroatoms. The summed E-state index contributed by atoms with van der Waals surface area (Å²) in [6.07, 6.45) is 1.50. The average molecular weight is 400 g/mol. The minimum absolute atomic E-state index is 0.0824. The molecule has 0 aliphatic rings. The second-order valence-electron chi connectivity index (χ2n) is 6.61. The molecule has 0 heterocycles. The van der Waals surface area contributed by atoms with Crippen molar-refractivity contribution in [1.29, 1.82) is 0 Å². The quantitative estimate of drug-likeness (QED) is 0.446. The summed E-state index contributed by atoms with van der Waals surface area (Å²) in [6, 6.07) is 13.9. The molecule has 0 aliphatic heterocycles. The van der Waals surface area contributed by atoms with Crippen LogP contribution in [0.3, 0.4) is 0 Å². The Morgan fingerprint density at radius 2 is 1.93 bits per heavy atom. The Hall–Kier alpha value is -3.09. The molecule has 6 nitrogen and oxygen atoms in total. The van der Waals surface area contributed by atoms with Gasteiger partial charge in [0.05, 0.1) is 6.54 Å². The van der Waals surface area contributed by atoms with Crippen LogP contribution in [0.5, 0.6) is 5.75 Å². The highest BCUT2D eigenvalue weighted by Gasteiger charge is 2.10. The number of rotatable bonds is 9. The Morgan fingerprint density at radius 1 is 1.17 bits per heavy atom. The van der Waals surface area contributed by atoms with E-state index in [0.29, 0.717) is 24.8 Å². The number of carbonyl (C=O) groups is 1. The van der Waals surface area contributed by atoms with E-state index >= 15 is 0 Å². The van der Waals surface area contributed by atoms with Gasteiger partial charge in [-0.2, -0.15) is 0 Å². The second kappa shape index (κ2) is 11.7. The fraction of sp³-hybridized carbons (Fsp3) is 0.364. The lowest BCUT2D eigenvalue weighted by Gasteiger charge is -2.20. The van der Waals surface area contributed by atoms with Gasteiger partial charge in [0.2, 0.25) is 5.91 Å². The number of nitrogens with one attached hydrogen (secondary N) is 3. The molecular formula is C22H29FN4O2.